The first kappa shape index (κ1) is 21.1. The van der Waals surface area contributed by atoms with Crippen molar-refractivity contribution in [2.45, 2.75) is 26.6 Å². The van der Waals surface area contributed by atoms with E-state index in [4.69, 9.17) is 0 Å². The number of hydrogen-bond acceptors (Lipinski definition) is 3. The highest BCUT2D eigenvalue weighted by molar-refractivity contribution is 5.90. The van der Waals surface area contributed by atoms with Gasteiger partial charge in [0.15, 0.2) is 5.96 Å². The highest BCUT2D eigenvalue weighted by atomic mass is 16.2. The van der Waals surface area contributed by atoms with Gasteiger partial charge in [0, 0.05) is 45.3 Å². The predicted molar refractivity (Wildman–Crippen MR) is 120 cm³/mol. The molecule has 2 N–H and O–H groups in total. The Kier molecular flexibility index (Phi) is 7.21. The predicted octanol–water partition coefficient (Wildman–Crippen LogP) is 3.04. The molecule has 1 aromatic heterocycles. The number of aryl methyl sites for hydroxylation is 1. The smallest absolute Gasteiger partial charge is 0.246 e. The summed E-state index contributed by atoms with van der Waals surface area (Å²) in [5.41, 5.74) is 4.34. The number of benzene rings is 2. The second-order valence-corrected chi connectivity index (χ2v) is 7.14. The van der Waals surface area contributed by atoms with Gasteiger partial charge >= 0.3 is 0 Å². The van der Waals surface area contributed by atoms with Gasteiger partial charge in [-0.2, -0.15) is 5.10 Å². The Balaban J connectivity index is 1.55. The molecule has 0 atom stereocenters. The van der Waals surface area contributed by atoms with Gasteiger partial charge in [0.1, 0.15) is 6.54 Å². The Labute approximate surface area is 177 Å². The van der Waals surface area contributed by atoms with Crippen molar-refractivity contribution in [2.75, 3.05) is 19.4 Å². The number of nitrogens with one attached hydrogen (secondary N) is 2. The van der Waals surface area contributed by atoms with Crippen molar-refractivity contribution >= 4 is 17.6 Å². The van der Waals surface area contributed by atoms with Crippen LogP contribution in [-0.4, -0.2) is 40.6 Å². The fourth-order valence-corrected chi connectivity index (χ4v) is 3.18. The Hall–Kier alpha value is -3.61. The zero-order valence-corrected chi connectivity index (χ0v) is 17.7. The van der Waals surface area contributed by atoms with Crippen LogP contribution in [-0.2, 0) is 24.4 Å². The summed E-state index contributed by atoms with van der Waals surface area (Å²) in [5.74, 6) is 0.698. The number of aliphatic imine (C=N–C) groups is 1. The molecule has 3 aromatic rings. The van der Waals surface area contributed by atoms with E-state index in [1.165, 1.54) is 11.1 Å². The van der Waals surface area contributed by atoms with Crippen molar-refractivity contribution in [3.8, 4) is 0 Å². The quantitative estimate of drug-likeness (QED) is 0.469. The van der Waals surface area contributed by atoms with Crippen molar-refractivity contribution in [2.24, 2.45) is 4.99 Å². The van der Waals surface area contributed by atoms with Gasteiger partial charge in [-0.15, -0.1) is 0 Å². The van der Waals surface area contributed by atoms with Crippen LogP contribution in [0.1, 0.15) is 16.7 Å². The Bertz CT molecular complexity index is 996. The molecule has 0 fully saturated rings. The van der Waals surface area contributed by atoms with E-state index in [1.807, 2.05) is 37.4 Å². The first-order valence-corrected chi connectivity index (χ1v) is 9.87. The molecule has 1 amide bonds. The minimum Gasteiger partial charge on any atom is -0.352 e. The number of amides is 1. The molecular formula is C23H28N6O. The second kappa shape index (κ2) is 10.2. The summed E-state index contributed by atoms with van der Waals surface area (Å²) >= 11 is 0. The van der Waals surface area contributed by atoms with Crippen LogP contribution in [0.5, 0.6) is 0 Å². The van der Waals surface area contributed by atoms with Crippen LogP contribution in [0.2, 0.25) is 0 Å². The van der Waals surface area contributed by atoms with Crippen LogP contribution in [0.15, 0.2) is 72.0 Å². The largest absolute Gasteiger partial charge is 0.352 e. The fourth-order valence-electron chi connectivity index (χ4n) is 3.18. The van der Waals surface area contributed by atoms with E-state index in [1.54, 1.807) is 30.2 Å². The summed E-state index contributed by atoms with van der Waals surface area (Å²) in [5, 5.41) is 10.4. The first-order valence-electron chi connectivity index (χ1n) is 9.87. The van der Waals surface area contributed by atoms with E-state index in [-0.39, 0.29) is 12.5 Å². The van der Waals surface area contributed by atoms with Crippen molar-refractivity contribution in [1.82, 2.24) is 20.0 Å². The normalized spacial score (nSPS) is 11.2. The van der Waals surface area contributed by atoms with E-state index in [0.29, 0.717) is 6.54 Å². The van der Waals surface area contributed by atoms with Crippen LogP contribution < -0.4 is 10.6 Å². The average molecular weight is 405 g/mol. The van der Waals surface area contributed by atoms with Crippen molar-refractivity contribution in [1.29, 1.82) is 0 Å². The van der Waals surface area contributed by atoms with Gasteiger partial charge < -0.3 is 15.5 Å². The number of hydrogen-bond donors (Lipinski definition) is 2. The maximum atomic E-state index is 12.2. The molecule has 0 aliphatic carbocycles. The Morgan fingerprint density at radius 2 is 2.00 bits per heavy atom. The van der Waals surface area contributed by atoms with Crippen molar-refractivity contribution in [3.63, 3.8) is 0 Å². The molecule has 7 heteroatoms. The maximum absolute atomic E-state index is 12.2. The third-order valence-electron chi connectivity index (χ3n) is 4.77. The second-order valence-electron chi connectivity index (χ2n) is 7.14. The van der Waals surface area contributed by atoms with Gasteiger partial charge in [0.25, 0.3) is 0 Å². The van der Waals surface area contributed by atoms with E-state index in [9.17, 15) is 4.79 Å². The first-order chi connectivity index (χ1) is 14.5. The van der Waals surface area contributed by atoms with Gasteiger partial charge in [-0.3, -0.25) is 14.5 Å². The van der Waals surface area contributed by atoms with Crippen LogP contribution in [0, 0.1) is 6.92 Å². The van der Waals surface area contributed by atoms with Crippen molar-refractivity contribution < 1.29 is 4.79 Å². The number of aromatic nitrogens is 2. The minimum atomic E-state index is -0.113. The Morgan fingerprint density at radius 3 is 2.73 bits per heavy atom. The van der Waals surface area contributed by atoms with E-state index in [2.05, 4.69) is 50.7 Å². The van der Waals surface area contributed by atoms with Gasteiger partial charge in [0.05, 0.1) is 0 Å². The summed E-state index contributed by atoms with van der Waals surface area (Å²) < 4.78 is 1.59. The van der Waals surface area contributed by atoms with Crippen LogP contribution in [0.4, 0.5) is 5.69 Å². The topological polar surface area (TPSA) is 74.5 Å². The molecule has 0 aliphatic heterocycles. The third-order valence-corrected chi connectivity index (χ3v) is 4.77. The van der Waals surface area contributed by atoms with Gasteiger partial charge in [0.2, 0.25) is 5.91 Å². The summed E-state index contributed by atoms with van der Waals surface area (Å²) in [7, 11) is 3.80. The molecule has 2 aromatic carbocycles. The molecule has 0 saturated carbocycles. The number of carbonyl (C=O) groups is 1. The van der Waals surface area contributed by atoms with E-state index >= 15 is 0 Å². The zero-order chi connectivity index (χ0) is 21.3. The SMILES string of the molecule is CN=C(NCc1cccc(NC(=O)Cn2cccn2)c1)N(C)Cc1ccccc1C. The van der Waals surface area contributed by atoms with Gasteiger partial charge in [-0.05, 0) is 41.8 Å². The molecule has 0 radical (unpaired) electrons. The molecule has 1 heterocycles. The molecule has 0 unspecified atom stereocenters. The molecule has 156 valence electrons. The molecule has 0 bridgehead atoms. The van der Waals surface area contributed by atoms with Crippen molar-refractivity contribution in [3.05, 3.63) is 83.7 Å². The highest BCUT2D eigenvalue weighted by Gasteiger charge is 2.09. The molecular weight excluding hydrogens is 376 g/mol. The molecule has 0 spiro atoms. The molecule has 0 saturated heterocycles. The average Bonchev–Trinajstić information content (AvgIpc) is 3.23. The summed E-state index contributed by atoms with van der Waals surface area (Å²) in [6, 6.07) is 17.9. The summed E-state index contributed by atoms with van der Waals surface area (Å²) in [4.78, 5) is 18.7. The Morgan fingerprint density at radius 1 is 1.17 bits per heavy atom. The van der Waals surface area contributed by atoms with Crippen LogP contribution in [0.3, 0.4) is 0 Å². The lowest BCUT2D eigenvalue weighted by Crippen LogP contribution is -2.38. The minimum absolute atomic E-state index is 0.113. The van der Waals surface area contributed by atoms with Gasteiger partial charge in [-0.1, -0.05) is 36.4 Å². The standard InChI is InChI=1S/C23H28N6O/c1-18-8-4-5-10-20(18)16-28(3)23(24-2)25-15-19-9-6-11-21(14-19)27-22(30)17-29-13-7-12-26-29/h4-14H,15-17H2,1-3H3,(H,24,25)(H,27,30). The lowest BCUT2D eigenvalue weighted by Gasteiger charge is -2.23. The molecule has 0 aliphatic rings. The lowest BCUT2D eigenvalue weighted by molar-refractivity contribution is -0.116. The van der Waals surface area contributed by atoms with Gasteiger partial charge in [-0.25, -0.2) is 0 Å². The summed E-state index contributed by atoms with van der Waals surface area (Å²) in [6.07, 6.45) is 3.42. The number of rotatable bonds is 7. The molecule has 30 heavy (non-hydrogen) atoms. The monoisotopic (exact) mass is 404 g/mol. The zero-order valence-electron chi connectivity index (χ0n) is 17.7. The molecule has 3 rings (SSSR count). The number of anilines is 1. The van der Waals surface area contributed by atoms with Crippen LogP contribution in [0.25, 0.3) is 0 Å². The lowest BCUT2D eigenvalue weighted by atomic mass is 10.1. The number of nitrogens with zero attached hydrogens (tertiary/aromatic N) is 4. The number of carbonyl (C=O) groups excluding carboxylic acids is 1. The third kappa shape index (κ3) is 5.94. The summed E-state index contributed by atoms with van der Waals surface area (Å²) in [6.45, 7) is 3.68. The fraction of sp³-hybridized carbons (Fsp3) is 0.261. The van der Waals surface area contributed by atoms with E-state index in [0.717, 1.165) is 23.8 Å². The van der Waals surface area contributed by atoms with Crippen LogP contribution >= 0.6 is 0 Å². The highest BCUT2D eigenvalue weighted by Crippen LogP contribution is 2.12. The number of guanidine groups is 1. The maximum Gasteiger partial charge on any atom is 0.246 e. The van der Waals surface area contributed by atoms with E-state index < -0.39 is 0 Å². The molecule has 7 nitrogen and oxygen atoms in total.